The Kier molecular flexibility index (Phi) is 3.19. The van der Waals surface area contributed by atoms with Gasteiger partial charge in [-0.15, -0.1) is 5.10 Å². The van der Waals surface area contributed by atoms with E-state index in [2.05, 4.69) is 26.6 Å². The van der Waals surface area contributed by atoms with E-state index < -0.39 is 0 Å². The summed E-state index contributed by atoms with van der Waals surface area (Å²) in [6, 6.07) is 0. The lowest BCUT2D eigenvalue weighted by Gasteiger charge is -2.03. The number of hydrogen-bond acceptors (Lipinski definition) is 4. The van der Waals surface area contributed by atoms with Gasteiger partial charge in [-0.2, -0.15) is 4.98 Å². The molecule has 1 aliphatic rings. The molecule has 0 bridgehead atoms. The molecule has 0 radical (unpaired) electrons. The van der Waals surface area contributed by atoms with Crippen molar-refractivity contribution >= 4 is 11.9 Å². The van der Waals surface area contributed by atoms with Crippen molar-refractivity contribution in [1.29, 1.82) is 0 Å². The van der Waals surface area contributed by atoms with E-state index in [0.29, 0.717) is 6.54 Å². The highest BCUT2D eigenvalue weighted by Gasteiger charge is 2.10. The van der Waals surface area contributed by atoms with Crippen LogP contribution >= 0.6 is 0 Å². The van der Waals surface area contributed by atoms with Crippen molar-refractivity contribution in [2.24, 2.45) is 0 Å². The molecule has 6 heteroatoms. The monoisotopic (exact) mass is 221 g/mol. The van der Waals surface area contributed by atoms with Crippen LogP contribution in [0.4, 0.5) is 5.95 Å². The first-order valence-electron chi connectivity index (χ1n) is 5.39. The first-order chi connectivity index (χ1) is 7.75. The molecule has 0 fully saturated rings. The summed E-state index contributed by atoms with van der Waals surface area (Å²) < 4.78 is 0. The maximum atomic E-state index is 11.5. The second-order valence-corrected chi connectivity index (χ2v) is 3.80. The number of amides is 1. The lowest BCUT2D eigenvalue weighted by Crippen LogP contribution is -2.25. The van der Waals surface area contributed by atoms with Crippen LogP contribution in [-0.2, 0) is 0 Å². The van der Waals surface area contributed by atoms with E-state index in [1.54, 1.807) is 0 Å². The highest BCUT2D eigenvalue weighted by Crippen LogP contribution is 2.19. The van der Waals surface area contributed by atoms with E-state index >= 15 is 0 Å². The third-order valence-corrected chi connectivity index (χ3v) is 2.58. The second-order valence-electron chi connectivity index (χ2n) is 3.80. The summed E-state index contributed by atoms with van der Waals surface area (Å²) in [7, 11) is 0. The Morgan fingerprint density at radius 1 is 1.62 bits per heavy atom. The lowest BCUT2D eigenvalue weighted by molar-refractivity contribution is 0.0944. The van der Waals surface area contributed by atoms with Gasteiger partial charge < -0.3 is 11.1 Å². The Hall–Kier alpha value is -1.85. The largest absolute Gasteiger partial charge is 0.366 e. The quantitative estimate of drug-likeness (QED) is 0.649. The summed E-state index contributed by atoms with van der Waals surface area (Å²) in [5.41, 5.74) is 6.73. The molecule has 0 aromatic carbocycles. The van der Waals surface area contributed by atoms with Crippen LogP contribution in [0.15, 0.2) is 11.6 Å². The number of allylic oxidation sites excluding steroid dienone is 1. The van der Waals surface area contributed by atoms with E-state index in [0.717, 1.165) is 12.8 Å². The molecular weight excluding hydrogens is 206 g/mol. The summed E-state index contributed by atoms with van der Waals surface area (Å²) in [5, 5.41) is 8.83. The van der Waals surface area contributed by atoms with Crippen molar-refractivity contribution in [3.05, 3.63) is 17.5 Å². The summed E-state index contributed by atoms with van der Waals surface area (Å²) in [4.78, 5) is 15.3. The molecule has 0 aliphatic heterocycles. The van der Waals surface area contributed by atoms with Gasteiger partial charge in [0.05, 0.1) is 0 Å². The smallest absolute Gasteiger partial charge is 0.288 e. The molecule has 4 N–H and O–H groups in total. The molecule has 6 nitrogen and oxygen atoms in total. The minimum absolute atomic E-state index is 0.0867. The van der Waals surface area contributed by atoms with Gasteiger partial charge in [-0.1, -0.05) is 11.6 Å². The highest BCUT2D eigenvalue weighted by molar-refractivity contribution is 5.90. The lowest BCUT2D eigenvalue weighted by atomic mass is 10.2. The van der Waals surface area contributed by atoms with E-state index in [1.807, 2.05) is 0 Å². The number of hydrogen-bond donors (Lipinski definition) is 3. The predicted octanol–water partition coefficient (Wildman–Crippen LogP) is 0.617. The van der Waals surface area contributed by atoms with E-state index in [-0.39, 0.29) is 17.7 Å². The number of aromatic amines is 1. The number of nitrogens with one attached hydrogen (secondary N) is 2. The molecule has 2 rings (SSSR count). The van der Waals surface area contributed by atoms with Crippen molar-refractivity contribution in [3.63, 3.8) is 0 Å². The van der Waals surface area contributed by atoms with Crippen LogP contribution in [0.2, 0.25) is 0 Å². The molecule has 0 spiro atoms. The maximum Gasteiger partial charge on any atom is 0.288 e. The van der Waals surface area contributed by atoms with Crippen molar-refractivity contribution in [3.8, 4) is 0 Å². The van der Waals surface area contributed by atoms with Crippen molar-refractivity contribution in [2.75, 3.05) is 12.3 Å². The summed E-state index contributed by atoms with van der Waals surface area (Å²) in [5.74, 6) is -0.00986. The highest BCUT2D eigenvalue weighted by atomic mass is 16.2. The number of aromatic nitrogens is 3. The number of rotatable bonds is 4. The molecule has 1 aliphatic carbocycles. The number of nitrogen functional groups attached to an aromatic ring is 1. The molecular formula is C10H15N5O. The third kappa shape index (κ3) is 2.59. The zero-order chi connectivity index (χ0) is 11.4. The minimum Gasteiger partial charge on any atom is -0.366 e. The van der Waals surface area contributed by atoms with Crippen LogP contribution in [0.5, 0.6) is 0 Å². The average molecular weight is 221 g/mol. The van der Waals surface area contributed by atoms with Crippen LogP contribution in [-0.4, -0.2) is 27.6 Å². The topological polar surface area (TPSA) is 96.7 Å². The SMILES string of the molecule is Nc1n[nH]c(C(=O)NCCC2=CCCC2)n1. The fourth-order valence-electron chi connectivity index (χ4n) is 1.76. The van der Waals surface area contributed by atoms with Gasteiger partial charge >= 0.3 is 0 Å². The number of nitrogens with zero attached hydrogens (tertiary/aromatic N) is 2. The van der Waals surface area contributed by atoms with Crippen LogP contribution in [0.25, 0.3) is 0 Å². The minimum atomic E-state index is -0.261. The fraction of sp³-hybridized carbons (Fsp3) is 0.500. The number of H-pyrrole nitrogens is 1. The number of carbonyl (C=O) groups is 1. The zero-order valence-corrected chi connectivity index (χ0v) is 8.99. The Morgan fingerprint density at radius 2 is 2.50 bits per heavy atom. The molecule has 0 atom stereocenters. The normalized spacial score (nSPS) is 14.9. The van der Waals surface area contributed by atoms with Gasteiger partial charge in [0.15, 0.2) is 0 Å². The first-order valence-corrected chi connectivity index (χ1v) is 5.39. The Balaban J connectivity index is 1.75. The molecule has 1 aromatic heterocycles. The number of nitrogens with two attached hydrogens (primary N) is 1. The molecule has 0 saturated carbocycles. The van der Waals surface area contributed by atoms with Gasteiger partial charge in [0.1, 0.15) is 0 Å². The molecule has 1 aromatic rings. The predicted molar refractivity (Wildman–Crippen MR) is 59.7 cm³/mol. The van der Waals surface area contributed by atoms with Gasteiger partial charge in [-0.25, -0.2) is 0 Å². The van der Waals surface area contributed by atoms with Crippen LogP contribution in [0, 0.1) is 0 Å². The van der Waals surface area contributed by atoms with Gasteiger partial charge in [0, 0.05) is 6.54 Å². The van der Waals surface area contributed by atoms with Gasteiger partial charge in [-0.05, 0) is 25.7 Å². The van der Waals surface area contributed by atoms with E-state index in [1.165, 1.54) is 18.4 Å². The van der Waals surface area contributed by atoms with E-state index in [4.69, 9.17) is 5.73 Å². The van der Waals surface area contributed by atoms with Crippen LogP contribution in [0.1, 0.15) is 36.3 Å². The Bertz CT molecular complexity index is 409. The molecule has 0 unspecified atom stereocenters. The average Bonchev–Trinajstić information content (AvgIpc) is 2.89. The van der Waals surface area contributed by atoms with Gasteiger partial charge in [0.25, 0.3) is 5.91 Å². The molecule has 86 valence electrons. The van der Waals surface area contributed by atoms with Crippen molar-refractivity contribution in [2.45, 2.75) is 25.7 Å². The number of anilines is 1. The second kappa shape index (κ2) is 4.78. The van der Waals surface area contributed by atoms with Crippen LogP contribution < -0.4 is 11.1 Å². The Labute approximate surface area is 93.3 Å². The summed E-state index contributed by atoms with van der Waals surface area (Å²) in [6.07, 6.45) is 6.73. The summed E-state index contributed by atoms with van der Waals surface area (Å²) >= 11 is 0. The zero-order valence-electron chi connectivity index (χ0n) is 8.99. The molecule has 1 heterocycles. The van der Waals surface area contributed by atoms with Crippen molar-refractivity contribution in [1.82, 2.24) is 20.5 Å². The first kappa shape index (κ1) is 10.7. The summed E-state index contributed by atoms with van der Waals surface area (Å²) in [6.45, 7) is 0.630. The third-order valence-electron chi connectivity index (χ3n) is 2.58. The van der Waals surface area contributed by atoms with Crippen molar-refractivity contribution < 1.29 is 4.79 Å². The van der Waals surface area contributed by atoms with Gasteiger partial charge in [-0.3, -0.25) is 9.89 Å². The van der Waals surface area contributed by atoms with Crippen LogP contribution in [0.3, 0.4) is 0 Å². The van der Waals surface area contributed by atoms with Gasteiger partial charge in [0.2, 0.25) is 11.8 Å². The number of carbonyl (C=O) groups excluding carboxylic acids is 1. The Morgan fingerprint density at radius 3 is 3.12 bits per heavy atom. The standard InChI is InChI=1S/C10H15N5O/c11-10-13-8(14-15-10)9(16)12-6-5-7-3-1-2-4-7/h3H,1-2,4-6H2,(H,12,16)(H3,11,13,14,15). The molecule has 0 saturated heterocycles. The fourth-order valence-corrected chi connectivity index (χ4v) is 1.76. The van der Waals surface area contributed by atoms with E-state index in [9.17, 15) is 4.79 Å². The molecule has 1 amide bonds. The molecule has 16 heavy (non-hydrogen) atoms. The maximum absolute atomic E-state index is 11.5.